The first-order valence-electron chi connectivity index (χ1n) is 10.4. The van der Waals surface area contributed by atoms with E-state index >= 15 is 0 Å². The quantitative estimate of drug-likeness (QED) is 0.574. The fourth-order valence-corrected chi connectivity index (χ4v) is 6.79. The van der Waals surface area contributed by atoms with Crippen LogP contribution in [0.5, 0.6) is 0 Å². The van der Waals surface area contributed by atoms with Crippen LogP contribution in [0.25, 0.3) is 0 Å². The summed E-state index contributed by atoms with van der Waals surface area (Å²) >= 11 is 0. The average Bonchev–Trinajstić information content (AvgIpc) is 2.79. The second-order valence-corrected chi connectivity index (χ2v) is 9.74. The van der Waals surface area contributed by atoms with Crippen molar-refractivity contribution in [2.45, 2.75) is 63.8 Å². The number of likely N-dealkylation sites (tertiary alicyclic amines) is 1. The van der Waals surface area contributed by atoms with Gasteiger partial charge < -0.3 is 0 Å². The first-order chi connectivity index (χ1) is 12.4. The molecule has 4 aliphatic carbocycles. The van der Waals surface area contributed by atoms with E-state index < -0.39 is 11.8 Å². The number of amides is 4. The third-order valence-corrected chi connectivity index (χ3v) is 7.75. The van der Waals surface area contributed by atoms with Crippen molar-refractivity contribution in [2.24, 2.45) is 23.7 Å². The maximum absolute atomic E-state index is 13.2. The van der Waals surface area contributed by atoms with Crippen molar-refractivity contribution in [3.05, 3.63) is 0 Å². The Bertz CT molecular complexity index is 617. The van der Waals surface area contributed by atoms with Crippen molar-refractivity contribution >= 4 is 17.8 Å². The Morgan fingerprint density at radius 2 is 1.42 bits per heavy atom. The lowest BCUT2D eigenvalue weighted by Crippen LogP contribution is -2.62. The molecule has 0 unspecified atom stereocenters. The van der Waals surface area contributed by atoms with E-state index in [-0.39, 0.29) is 18.2 Å². The first kappa shape index (κ1) is 16.7. The van der Waals surface area contributed by atoms with Crippen molar-refractivity contribution in [2.75, 3.05) is 19.8 Å². The molecule has 6 heteroatoms. The lowest BCUT2D eigenvalue weighted by molar-refractivity contribution is -0.150. The van der Waals surface area contributed by atoms with Gasteiger partial charge in [0.05, 0.1) is 12.2 Å². The molecular weight excluding hydrogens is 330 g/mol. The van der Waals surface area contributed by atoms with Gasteiger partial charge in [0.2, 0.25) is 0 Å². The fourth-order valence-electron chi connectivity index (χ4n) is 6.79. The monoisotopic (exact) mass is 359 g/mol. The zero-order valence-electron chi connectivity index (χ0n) is 15.7. The number of hydrogen-bond donors (Lipinski definition) is 0. The molecule has 4 bridgehead atoms. The average molecular weight is 359 g/mol. The molecule has 142 valence electrons. The third kappa shape index (κ3) is 2.44. The second-order valence-electron chi connectivity index (χ2n) is 9.74. The highest BCUT2D eigenvalue weighted by Gasteiger charge is 2.61. The van der Waals surface area contributed by atoms with Gasteiger partial charge in [-0.25, -0.2) is 14.6 Å². The molecule has 0 N–H and O–H groups in total. The molecule has 0 spiro atoms. The summed E-state index contributed by atoms with van der Waals surface area (Å²) in [4.78, 5) is 43.4. The Morgan fingerprint density at radius 1 is 0.885 bits per heavy atom. The van der Waals surface area contributed by atoms with E-state index in [0.29, 0.717) is 23.7 Å². The summed E-state index contributed by atoms with van der Waals surface area (Å²) in [5, 5.41) is 0. The smallest absolute Gasteiger partial charge is 0.285 e. The van der Waals surface area contributed by atoms with Crippen molar-refractivity contribution in [1.29, 1.82) is 0 Å². The Morgan fingerprint density at radius 3 is 1.96 bits per heavy atom. The molecule has 0 atom stereocenters. The molecule has 6 nitrogen and oxygen atoms in total. The lowest BCUT2D eigenvalue weighted by atomic mass is 9.52. The van der Waals surface area contributed by atoms with Gasteiger partial charge in [-0.05, 0) is 75.0 Å². The van der Waals surface area contributed by atoms with E-state index in [1.54, 1.807) is 0 Å². The highest BCUT2D eigenvalue weighted by atomic mass is 16.2. The predicted molar refractivity (Wildman–Crippen MR) is 94.8 cm³/mol. The first-order valence-corrected chi connectivity index (χ1v) is 10.4. The van der Waals surface area contributed by atoms with Crippen molar-refractivity contribution in [1.82, 2.24) is 14.7 Å². The molecule has 2 saturated heterocycles. The summed E-state index contributed by atoms with van der Waals surface area (Å²) in [5.41, 5.74) is -0.371. The molecule has 2 aliphatic heterocycles. The standard InChI is InChI=1S/C20H29N3O3/c1-13-2-4-21(5-3-13)12-22-17(24)18(25)23(19(22)26)20-9-14-6-15(10-20)8-16(7-14)11-20/h13-16H,2-12H2,1H3. The fraction of sp³-hybridized carbons (Fsp3) is 0.850. The van der Waals surface area contributed by atoms with Gasteiger partial charge in [-0.2, -0.15) is 0 Å². The van der Waals surface area contributed by atoms with E-state index in [0.717, 1.165) is 45.2 Å². The number of carbonyl (C=O) groups excluding carboxylic acids is 3. The van der Waals surface area contributed by atoms with Gasteiger partial charge in [0.1, 0.15) is 0 Å². The number of imide groups is 2. The summed E-state index contributed by atoms with van der Waals surface area (Å²) in [6.45, 7) is 4.30. The highest BCUT2D eigenvalue weighted by Crippen LogP contribution is 2.58. The van der Waals surface area contributed by atoms with Crippen LogP contribution in [0.2, 0.25) is 0 Å². The van der Waals surface area contributed by atoms with Crippen LogP contribution in [0, 0.1) is 23.7 Å². The van der Waals surface area contributed by atoms with Crippen LogP contribution >= 0.6 is 0 Å². The molecule has 0 radical (unpaired) electrons. The molecule has 4 amide bonds. The molecule has 0 aromatic heterocycles. The van der Waals surface area contributed by atoms with E-state index in [1.165, 1.54) is 29.1 Å². The summed E-state index contributed by atoms with van der Waals surface area (Å²) < 4.78 is 0. The van der Waals surface area contributed by atoms with Crippen LogP contribution < -0.4 is 0 Å². The molecule has 6 rings (SSSR count). The van der Waals surface area contributed by atoms with Crippen molar-refractivity contribution < 1.29 is 14.4 Å². The van der Waals surface area contributed by atoms with Gasteiger partial charge in [-0.3, -0.25) is 14.5 Å². The normalized spacial score (nSPS) is 41.0. The summed E-state index contributed by atoms with van der Waals surface area (Å²) in [6.07, 6.45) is 8.67. The molecule has 6 fully saturated rings. The number of nitrogens with zero attached hydrogens (tertiary/aromatic N) is 3. The molecule has 26 heavy (non-hydrogen) atoms. The minimum Gasteiger partial charge on any atom is -0.285 e. The zero-order valence-corrected chi connectivity index (χ0v) is 15.7. The minimum atomic E-state index is -0.607. The van der Waals surface area contributed by atoms with Crippen LogP contribution in [0.1, 0.15) is 58.3 Å². The van der Waals surface area contributed by atoms with Crippen molar-refractivity contribution in [3.8, 4) is 0 Å². The van der Waals surface area contributed by atoms with Gasteiger partial charge in [-0.15, -0.1) is 0 Å². The summed E-state index contributed by atoms with van der Waals surface area (Å²) in [5.74, 6) is 1.42. The van der Waals surface area contributed by atoms with Gasteiger partial charge in [0.25, 0.3) is 0 Å². The summed E-state index contributed by atoms with van der Waals surface area (Å²) in [7, 11) is 0. The lowest BCUT2D eigenvalue weighted by Gasteiger charge is -2.58. The molecule has 6 aliphatic rings. The molecule has 4 saturated carbocycles. The molecule has 0 aromatic rings. The Kier molecular flexibility index (Phi) is 3.72. The largest absolute Gasteiger partial charge is 0.335 e. The summed E-state index contributed by atoms with van der Waals surface area (Å²) in [6, 6.07) is -0.347. The number of piperidine rings is 1. The van der Waals surface area contributed by atoms with Crippen LogP contribution in [0.3, 0.4) is 0 Å². The Labute approximate surface area is 154 Å². The maximum Gasteiger partial charge on any atom is 0.335 e. The second kappa shape index (κ2) is 5.78. The molecular formula is C20H29N3O3. The maximum atomic E-state index is 13.2. The Hall–Kier alpha value is -1.43. The van der Waals surface area contributed by atoms with E-state index in [2.05, 4.69) is 11.8 Å². The van der Waals surface area contributed by atoms with E-state index in [1.807, 2.05) is 0 Å². The highest BCUT2D eigenvalue weighted by molar-refractivity contribution is 6.44. The zero-order chi connectivity index (χ0) is 18.1. The third-order valence-electron chi connectivity index (χ3n) is 7.75. The molecule has 2 heterocycles. The van der Waals surface area contributed by atoms with Crippen LogP contribution in [-0.2, 0) is 9.59 Å². The topological polar surface area (TPSA) is 60.9 Å². The predicted octanol–water partition coefficient (Wildman–Crippen LogP) is 2.44. The number of rotatable bonds is 3. The van der Waals surface area contributed by atoms with Crippen LogP contribution in [0.4, 0.5) is 4.79 Å². The van der Waals surface area contributed by atoms with Gasteiger partial charge in [0.15, 0.2) is 0 Å². The SMILES string of the molecule is CC1CCN(CN2C(=O)C(=O)N(C34CC5CC(CC(C5)C3)C4)C2=O)CC1. The van der Waals surface area contributed by atoms with Gasteiger partial charge in [0, 0.05) is 13.1 Å². The number of urea groups is 1. The van der Waals surface area contributed by atoms with Crippen LogP contribution in [-0.4, -0.2) is 57.8 Å². The van der Waals surface area contributed by atoms with Crippen LogP contribution in [0.15, 0.2) is 0 Å². The number of hydrogen-bond acceptors (Lipinski definition) is 4. The van der Waals surface area contributed by atoms with E-state index in [4.69, 9.17) is 0 Å². The van der Waals surface area contributed by atoms with Gasteiger partial charge >= 0.3 is 17.8 Å². The molecule has 0 aromatic carbocycles. The van der Waals surface area contributed by atoms with Gasteiger partial charge in [-0.1, -0.05) is 6.92 Å². The Balaban J connectivity index is 1.36. The van der Waals surface area contributed by atoms with E-state index in [9.17, 15) is 14.4 Å². The van der Waals surface area contributed by atoms with Crippen molar-refractivity contribution in [3.63, 3.8) is 0 Å². The minimum absolute atomic E-state index is 0.277. The number of carbonyl (C=O) groups is 3.